The number of hydrogen-bond donors (Lipinski definition) is 3. The summed E-state index contributed by atoms with van der Waals surface area (Å²) in [5.41, 5.74) is 0.614. The lowest BCUT2D eigenvalue weighted by molar-refractivity contribution is 0.0513. The fraction of sp³-hybridized carbons (Fsp3) is 0.417. The van der Waals surface area contributed by atoms with Crippen LogP contribution in [0.2, 0.25) is 5.02 Å². The van der Waals surface area contributed by atoms with Gasteiger partial charge in [0.2, 0.25) is 0 Å². The number of rotatable bonds is 6. The SMILES string of the molecule is Cn1cnc(C2CC3CC(O)(CNc4ncncc4F)CC3C2)c1C(=O)Nc1ccc(F)c(Cl)c1. The van der Waals surface area contributed by atoms with Crippen LogP contribution < -0.4 is 10.6 Å². The summed E-state index contributed by atoms with van der Waals surface area (Å²) >= 11 is 5.84. The van der Waals surface area contributed by atoms with E-state index in [4.69, 9.17) is 11.6 Å². The molecule has 5 rings (SSSR count). The lowest BCUT2D eigenvalue weighted by Crippen LogP contribution is -2.35. The predicted molar refractivity (Wildman–Crippen MR) is 126 cm³/mol. The van der Waals surface area contributed by atoms with Gasteiger partial charge in [0, 0.05) is 25.2 Å². The second kappa shape index (κ2) is 9.16. The van der Waals surface area contributed by atoms with E-state index in [1.54, 1.807) is 17.9 Å². The van der Waals surface area contributed by atoms with Gasteiger partial charge in [0.15, 0.2) is 11.6 Å². The monoisotopic (exact) mass is 502 g/mol. The minimum atomic E-state index is -0.954. The normalized spacial score (nSPS) is 25.5. The third-order valence-electron chi connectivity index (χ3n) is 7.12. The Balaban J connectivity index is 1.25. The molecule has 11 heteroatoms. The molecular formula is C24H25ClF2N6O2. The highest BCUT2D eigenvalue weighted by Crippen LogP contribution is 2.54. The number of aliphatic hydroxyl groups is 1. The van der Waals surface area contributed by atoms with Crippen molar-refractivity contribution in [2.75, 3.05) is 17.2 Å². The van der Waals surface area contributed by atoms with Crippen LogP contribution in [-0.2, 0) is 7.05 Å². The molecule has 2 aromatic heterocycles. The standard InChI is InChI=1S/C24H25ClF2N6O2/c1-33-12-31-20(21(33)23(34)32-16-2-3-18(26)17(25)6-16)13-4-14-7-24(35,8-15(14)5-13)10-29-22-19(27)9-28-11-30-22/h2-3,6,9,11-15,35H,4-5,7-8,10H2,1H3,(H,32,34)(H,28,29,30). The number of aromatic nitrogens is 4. The molecule has 0 bridgehead atoms. The van der Waals surface area contributed by atoms with Crippen molar-refractivity contribution in [1.29, 1.82) is 0 Å². The molecule has 1 amide bonds. The average Bonchev–Trinajstić information content (AvgIpc) is 3.46. The largest absolute Gasteiger partial charge is 0.388 e. The van der Waals surface area contributed by atoms with Crippen LogP contribution in [0.15, 0.2) is 37.1 Å². The highest BCUT2D eigenvalue weighted by molar-refractivity contribution is 6.31. The van der Waals surface area contributed by atoms with Crippen molar-refractivity contribution in [3.05, 3.63) is 65.1 Å². The number of hydrogen-bond acceptors (Lipinski definition) is 6. The van der Waals surface area contributed by atoms with Crippen molar-refractivity contribution in [2.45, 2.75) is 37.2 Å². The van der Waals surface area contributed by atoms with Crippen molar-refractivity contribution in [3.8, 4) is 0 Å². The molecule has 2 unspecified atom stereocenters. The summed E-state index contributed by atoms with van der Waals surface area (Å²) in [5.74, 6) is -0.742. The molecule has 2 atom stereocenters. The molecule has 2 aliphatic rings. The topological polar surface area (TPSA) is 105 Å². The maximum absolute atomic E-state index is 13.8. The molecule has 2 aliphatic carbocycles. The maximum Gasteiger partial charge on any atom is 0.274 e. The van der Waals surface area contributed by atoms with Gasteiger partial charge in [-0.25, -0.2) is 23.7 Å². The van der Waals surface area contributed by atoms with Crippen LogP contribution in [0, 0.1) is 23.5 Å². The van der Waals surface area contributed by atoms with E-state index in [1.807, 2.05) is 0 Å². The van der Waals surface area contributed by atoms with Gasteiger partial charge in [-0.2, -0.15) is 0 Å². The highest BCUT2D eigenvalue weighted by Gasteiger charge is 2.49. The molecule has 2 saturated carbocycles. The minimum Gasteiger partial charge on any atom is -0.388 e. The Morgan fingerprint density at radius 2 is 1.97 bits per heavy atom. The summed E-state index contributed by atoms with van der Waals surface area (Å²) in [4.78, 5) is 25.1. The van der Waals surface area contributed by atoms with Crippen molar-refractivity contribution < 1.29 is 18.7 Å². The van der Waals surface area contributed by atoms with E-state index in [2.05, 4.69) is 25.6 Å². The average molecular weight is 503 g/mol. The van der Waals surface area contributed by atoms with Crippen molar-refractivity contribution in [1.82, 2.24) is 19.5 Å². The fourth-order valence-corrected chi connectivity index (χ4v) is 5.80. The molecule has 1 aromatic carbocycles. The van der Waals surface area contributed by atoms with Crippen LogP contribution in [0.4, 0.5) is 20.3 Å². The first-order valence-electron chi connectivity index (χ1n) is 11.4. The molecule has 0 radical (unpaired) electrons. The van der Waals surface area contributed by atoms with Crippen LogP contribution in [0.1, 0.15) is 47.8 Å². The van der Waals surface area contributed by atoms with Crippen LogP contribution in [0.5, 0.6) is 0 Å². The first-order chi connectivity index (χ1) is 16.7. The van der Waals surface area contributed by atoms with E-state index in [1.165, 1.54) is 24.5 Å². The van der Waals surface area contributed by atoms with Gasteiger partial charge >= 0.3 is 0 Å². The number of amides is 1. The first kappa shape index (κ1) is 23.6. The predicted octanol–water partition coefficient (Wildman–Crippen LogP) is 4.14. The molecule has 2 fully saturated rings. The number of aryl methyl sites for hydroxylation is 1. The van der Waals surface area contributed by atoms with Gasteiger partial charge in [-0.05, 0) is 55.7 Å². The van der Waals surface area contributed by atoms with Gasteiger partial charge in [-0.15, -0.1) is 0 Å². The van der Waals surface area contributed by atoms with Gasteiger partial charge in [0.05, 0.1) is 28.8 Å². The van der Waals surface area contributed by atoms with Crippen LogP contribution >= 0.6 is 11.6 Å². The third kappa shape index (κ3) is 4.72. The first-order valence-corrected chi connectivity index (χ1v) is 11.8. The molecule has 0 aliphatic heterocycles. The van der Waals surface area contributed by atoms with Gasteiger partial charge in [0.25, 0.3) is 5.91 Å². The molecule has 184 valence electrons. The third-order valence-corrected chi connectivity index (χ3v) is 7.41. The van der Waals surface area contributed by atoms with E-state index in [0.717, 1.165) is 24.7 Å². The maximum atomic E-state index is 13.8. The molecule has 0 spiro atoms. The Morgan fingerprint density at radius 1 is 1.23 bits per heavy atom. The van der Waals surface area contributed by atoms with E-state index in [-0.39, 0.29) is 41.0 Å². The van der Waals surface area contributed by atoms with E-state index < -0.39 is 17.2 Å². The Hall–Kier alpha value is -3.11. The van der Waals surface area contributed by atoms with Crippen molar-refractivity contribution in [2.24, 2.45) is 18.9 Å². The van der Waals surface area contributed by atoms with Gasteiger partial charge in [-0.1, -0.05) is 11.6 Å². The summed E-state index contributed by atoms with van der Waals surface area (Å²) in [7, 11) is 1.76. The Morgan fingerprint density at radius 3 is 2.66 bits per heavy atom. The Kier molecular flexibility index (Phi) is 6.18. The molecule has 0 saturated heterocycles. The van der Waals surface area contributed by atoms with Crippen LogP contribution in [-0.4, -0.2) is 42.7 Å². The smallest absolute Gasteiger partial charge is 0.274 e. The number of anilines is 2. The number of nitrogens with one attached hydrogen (secondary N) is 2. The molecular weight excluding hydrogens is 478 g/mol. The lowest BCUT2D eigenvalue weighted by atomic mass is 9.92. The summed E-state index contributed by atoms with van der Waals surface area (Å²) in [5, 5.41) is 16.7. The second-order valence-corrected chi connectivity index (χ2v) is 9.97. The number of fused-ring (bicyclic) bond motifs is 1. The van der Waals surface area contributed by atoms with Gasteiger partial charge in [0.1, 0.15) is 17.8 Å². The number of nitrogens with zero attached hydrogens (tertiary/aromatic N) is 4. The summed E-state index contributed by atoms with van der Waals surface area (Å²) in [6.07, 6.45) is 6.72. The Labute approximate surface area is 205 Å². The highest BCUT2D eigenvalue weighted by atomic mass is 35.5. The number of imidazole rings is 1. The summed E-state index contributed by atoms with van der Waals surface area (Å²) in [6, 6.07) is 4.03. The molecule has 3 aromatic rings. The summed E-state index contributed by atoms with van der Waals surface area (Å²) < 4.78 is 28.9. The molecule has 8 nitrogen and oxygen atoms in total. The van der Waals surface area contributed by atoms with E-state index in [0.29, 0.717) is 24.2 Å². The van der Waals surface area contributed by atoms with Gasteiger partial charge < -0.3 is 20.3 Å². The molecule has 2 heterocycles. The zero-order chi connectivity index (χ0) is 24.7. The zero-order valence-corrected chi connectivity index (χ0v) is 19.8. The fourth-order valence-electron chi connectivity index (χ4n) is 5.62. The van der Waals surface area contributed by atoms with Crippen molar-refractivity contribution >= 4 is 29.0 Å². The molecule has 35 heavy (non-hydrogen) atoms. The van der Waals surface area contributed by atoms with Gasteiger partial charge in [-0.3, -0.25) is 4.79 Å². The van der Waals surface area contributed by atoms with Crippen molar-refractivity contribution in [3.63, 3.8) is 0 Å². The summed E-state index contributed by atoms with van der Waals surface area (Å²) in [6.45, 7) is 0.204. The number of halogens is 3. The zero-order valence-electron chi connectivity index (χ0n) is 19.0. The van der Waals surface area contributed by atoms with E-state index >= 15 is 0 Å². The quantitative estimate of drug-likeness (QED) is 0.468. The number of carbonyl (C=O) groups excluding carboxylic acids is 1. The lowest BCUT2D eigenvalue weighted by Gasteiger charge is -2.25. The number of carbonyl (C=O) groups is 1. The van der Waals surface area contributed by atoms with E-state index in [9.17, 15) is 18.7 Å². The van der Waals surface area contributed by atoms with Crippen LogP contribution in [0.3, 0.4) is 0 Å². The van der Waals surface area contributed by atoms with Crippen LogP contribution in [0.25, 0.3) is 0 Å². The number of benzene rings is 1. The minimum absolute atomic E-state index is 0.0684. The Bertz CT molecular complexity index is 1250. The molecule has 3 N–H and O–H groups in total. The second-order valence-electron chi connectivity index (χ2n) is 9.57.